The van der Waals surface area contributed by atoms with Gasteiger partial charge in [-0.3, -0.25) is 14.9 Å². The summed E-state index contributed by atoms with van der Waals surface area (Å²) < 4.78 is 0.689. The first kappa shape index (κ1) is 24.7. The van der Waals surface area contributed by atoms with Crippen LogP contribution >= 0.6 is 23.1 Å². The maximum absolute atomic E-state index is 13.0. The molecule has 0 unspecified atom stereocenters. The van der Waals surface area contributed by atoms with Crippen LogP contribution in [0, 0.1) is 12.8 Å². The first-order valence-corrected chi connectivity index (χ1v) is 12.3. The number of Topliss-reactive ketones (excluding diaryl/α,β-unsaturated/α-hetero) is 1. The molecule has 1 aliphatic rings. The Kier molecular flexibility index (Phi) is 8.45. The van der Waals surface area contributed by atoms with E-state index < -0.39 is 23.9 Å². The first-order valence-electron chi connectivity index (χ1n) is 10.5. The van der Waals surface area contributed by atoms with Crippen LogP contribution in [0.4, 0.5) is 15.6 Å². The predicted octanol–water partition coefficient (Wildman–Crippen LogP) is 4.15. The lowest BCUT2D eigenvalue weighted by molar-refractivity contribution is -0.140. The number of nitrogens with zero attached hydrogens (tertiary/aromatic N) is 1. The Labute approximate surface area is 199 Å². The molecule has 176 valence electrons. The summed E-state index contributed by atoms with van der Waals surface area (Å²) >= 11 is 2.40. The van der Waals surface area contributed by atoms with Crippen molar-refractivity contribution < 1.29 is 24.3 Å². The quantitative estimate of drug-likeness (QED) is 0.306. The molecule has 1 aromatic heterocycles. The number of carboxylic acid groups (broad SMARTS) is 1. The van der Waals surface area contributed by atoms with E-state index in [-0.39, 0.29) is 17.5 Å². The summed E-state index contributed by atoms with van der Waals surface area (Å²) in [5, 5.41) is 17.3. The van der Waals surface area contributed by atoms with Gasteiger partial charge in [-0.1, -0.05) is 35.8 Å². The standard InChI is InChI=1S/C22H26N4O5S2/c1-12-7-8-16(15(9-12)19(28)14-5-3-4-6-14)25-21(31)26-22-23-10-18(33-22)32-11-17(20(29)30)24-13(2)27/h7-10,14,17H,3-6,11H2,1-2H3,(H,24,27)(H,29,30)(H2,23,25,26,31)/t17-/m1/s1. The molecule has 3 rings (SSSR count). The number of carbonyl (C=O) groups excluding carboxylic acids is 3. The molecule has 2 aromatic rings. The number of thiazole rings is 1. The van der Waals surface area contributed by atoms with Crippen LogP contribution in [-0.4, -0.2) is 45.6 Å². The zero-order valence-corrected chi connectivity index (χ0v) is 20.0. The minimum atomic E-state index is -1.12. The van der Waals surface area contributed by atoms with Gasteiger partial charge in [0, 0.05) is 24.2 Å². The van der Waals surface area contributed by atoms with E-state index in [0.29, 0.717) is 20.6 Å². The van der Waals surface area contributed by atoms with Crippen LogP contribution in [0.15, 0.2) is 28.6 Å². The molecule has 1 atom stereocenters. The molecule has 0 saturated heterocycles. The van der Waals surface area contributed by atoms with E-state index in [9.17, 15) is 24.3 Å². The van der Waals surface area contributed by atoms with Gasteiger partial charge in [0.2, 0.25) is 5.91 Å². The summed E-state index contributed by atoms with van der Waals surface area (Å²) in [6, 6.07) is 3.84. The third-order valence-corrected chi connectivity index (χ3v) is 7.39. The molecule has 0 bridgehead atoms. The normalized spacial score (nSPS) is 14.5. The lowest BCUT2D eigenvalue weighted by Gasteiger charge is -2.14. The number of aryl methyl sites for hydroxylation is 1. The lowest BCUT2D eigenvalue weighted by Crippen LogP contribution is -2.41. The summed E-state index contributed by atoms with van der Waals surface area (Å²) in [6.45, 7) is 3.17. The van der Waals surface area contributed by atoms with E-state index in [0.717, 1.165) is 31.2 Å². The zero-order chi connectivity index (χ0) is 24.0. The van der Waals surface area contributed by atoms with Crippen molar-refractivity contribution in [3.63, 3.8) is 0 Å². The van der Waals surface area contributed by atoms with Crippen molar-refractivity contribution in [2.24, 2.45) is 5.92 Å². The maximum atomic E-state index is 13.0. The second-order valence-electron chi connectivity index (χ2n) is 7.86. The molecular formula is C22H26N4O5S2. The highest BCUT2D eigenvalue weighted by molar-refractivity contribution is 8.01. The van der Waals surface area contributed by atoms with Gasteiger partial charge in [0.1, 0.15) is 6.04 Å². The van der Waals surface area contributed by atoms with Crippen molar-refractivity contribution in [2.75, 3.05) is 16.4 Å². The molecule has 1 aromatic carbocycles. The number of aliphatic carboxylic acids is 1. The van der Waals surface area contributed by atoms with E-state index in [1.165, 1.54) is 36.2 Å². The minimum absolute atomic E-state index is 0.000997. The van der Waals surface area contributed by atoms with Gasteiger partial charge in [-0.15, -0.1) is 11.8 Å². The largest absolute Gasteiger partial charge is 0.480 e. The Bertz CT molecular complexity index is 1050. The molecule has 0 aliphatic heterocycles. The van der Waals surface area contributed by atoms with Gasteiger partial charge in [0.25, 0.3) is 0 Å². The second-order valence-corrected chi connectivity index (χ2v) is 10.2. The van der Waals surface area contributed by atoms with Gasteiger partial charge >= 0.3 is 12.0 Å². The highest BCUT2D eigenvalue weighted by Crippen LogP contribution is 2.32. The number of benzene rings is 1. The molecule has 33 heavy (non-hydrogen) atoms. The van der Waals surface area contributed by atoms with Gasteiger partial charge in [-0.25, -0.2) is 14.6 Å². The molecule has 0 radical (unpaired) electrons. The van der Waals surface area contributed by atoms with E-state index in [1.54, 1.807) is 6.07 Å². The second kappa shape index (κ2) is 11.3. The van der Waals surface area contributed by atoms with Gasteiger partial charge in [0.05, 0.1) is 16.1 Å². The molecule has 1 saturated carbocycles. The molecule has 0 spiro atoms. The van der Waals surface area contributed by atoms with Gasteiger partial charge < -0.3 is 15.7 Å². The molecule has 3 amide bonds. The van der Waals surface area contributed by atoms with Crippen LogP contribution < -0.4 is 16.0 Å². The van der Waals surface area contributed by atoms with E-state index in [2.05, 4.69) is 20.9 Å². The fourth-order valence-electron chi connectivity index (χ4n) is 3.60. The number of rotatable bonds is 9. The van der Waals surface area contributed by atoms with E-state index >= 15 is 0 Å². The molecule has 1 fully saturated rings. The van der Waals surface area contributed by atoms with Crippen LogP contribution in [0.5, 0.6) is 0 Å². The number of carbonyl (C=O) groups is 4. The third kappa shape index (κ3) is 7.03. The number of urea groups is 1. The van der Waals surface area contributed by atoms with Crippen molar-refractivity contribution in [3.8, 4) is 0 Å². The Morgan fingerprint density at radius 1 is 1.21 bits per heavy atom. The fourth-order valence-corrected chi connectivity index (χ4v) is 5.50. The summed E-state index contributed by atoms with van der Waals surface area (Å²) in [5.41, 5.74) is 1.92. The molecule has 1 heterocycles. The smallest absolute Gasteiger partial charge is 0.327 e. The summed E-state index contributed by atoms with van der Waals surface area (Å²) in [6.07, 6.45) is 5.38. The summed E-state index contributed by atoms with van der Waals surface area (Å²) in [7, 11) is 0. The number of amides is 3. The summed E-state index contributed by atoms with van der Waals surface area (Å²) in [4.78, 5) is 52.0. The van der Waals surface area contributed by atoms with Gasteiger partial charge in [0.15, 0.2) is 10.9 Å². The van der Waals surface area contributed by atoms with Crippen LogP contribution in [0.3, 0.4) is 0 Å². The van der Waals surface area contributed by atoms with Gasteiger partial charge in [-0.2, -0.15) is 0 Å². The Hall–Kier alpha value is -2.92. The van der Waals surface area contributed by atoms with E-state index in [1.807, 2.05) is 19.1 Å². The fraction of sp³-hybridized carbons (Fsp3) is 0.409. The highest BCUT2D eigenvalue weighted by Gasteiger charge is 2.26. The molecule has 9 nitrogen and oxygen atoms in total. The van der Waals surface area contributed by atoms with Crippen LogP contribution in [0.2, 0.25) is 0 Å². The zero-order valence-electron chi connectivity index (χ0n) is 18.3. The third-order valence-electron chi connectivity index (χ3n) is 5.19. The average molecular weight is 491 g/mol. The number of anilines is 2. The number of ketones is 1. The van der Waals surface area contributed by atoms with Crippen LogP contribution in [0.25, 0.3) is 0 Å². The Balaban J connectivity index is 1.60. The number of carboxylic acids is 1. The Morgan fingerprint density at radius 3 is 2.61 bits per heavy atom. The average Bonchev–Trinajstić information content (AvgIpc) is 3.44. The Morgan fingerprint density at radius 2 is 1.94 bits per heavy atom. The topological polar surface area (TPSA) is 137 Å². The van der Waals surface area contributed by atoms with Crippen molar-refractivity contribution in [1.82, 2.24) is 10.3 Å². The number of hydrogen-bond donors (Lipinski definition) is 4. The maximum Gasteiger partial charge on any atom is 0.327 e. The molecule has 1 aliphatic carbocycles. The van der Waals surface area contributed by atoms with Gasteiger partial charge in [-0.05, 0) is 31.9 Å². The monoisotopic (exact) mass is 490 g/mol. The van der Waals surface area contributed by atoms with Crippen molar-refractivity contribution in [1.29, 1.82) is 0 Å². The molecule has 4 N–H and O–H groups in total. The predicted molar refractivity (Wildman–Crippen MR) is 128 cm³/mol. The number of nitrogens with one attached hydrogen (secondary N) is 3. The van der Waals surface area contributed by atoms with Crippen LogP contribution in [-0.2, 0) is 9.59 Å². The summed E-state index contributed by atoms with van der Waals surface area (Å²) in [5.74, 6) is -1.36. The SMILES string of the molecule is CC(=O)N[C@H](CSc1cnc(NC(=O)Nc2ccc(C)cc2C(=O)C2CCCC2)s1)C(=O)O. The number of aromatic nitrogens is 1. The van der Waals surface area contributed by atoms with E-state index in [4.69, 9.17) is 0 Å². The molecule has 11 heteroatoms. The highest BCUT2D eigenvalue weighted by atomic mass is 32.2. The van der Waals surface area contributed by atoms with Crippen molar-refractivity contribution in [2.45, 2.75) is 49.8 Å². The lowest BCUT2D eigenvalue weighted by atomic mass is 9.94. The van der Waals surface area contributed by atoms with Crippen molar-refractivity contribution >= 4 is 57.6 Å². The van der Waals surface area contributed by atoms with Crippen molar-refractivity contribution in [3.05, 3.63) is 35.5 Å². The first-order chi connectivity index (χ1) is 15.7. The van der Waals surface area contributed by atoms with Crippen LogP contribution in [0.1, 0.15) is 48.5 Å². The molecular weight excluding hydrogens is 464 g/mol. The number of thioether (sulfide) groups is 1. The number of hydrogen-bond acceptors (Lipinski definition) is 7. The minimum Gasteiger partial charge on any atom is -0.480 e.